The molecule has 0 atom stereocenters. The van der Waals surface area contributed by atoms with Gasteiger partial charge in [-0.05, 0) is 30.3 Å². The smallest absolute Gasteiger partial charge is 0.142 e. The fraction of sp³-hybridized carbons (Fsp3) is 0. The van der Waals surface area contributed by atoms with E-state index >= 15 is 0 Å². The van der Waals surface area contributed by atoms with Gasteiger partial charge in [0.05, 0.1) is 16.6 Å². The van der Waals surface area contributed by atoms with Gasteiger partial charge in [-0.1, -0.05) is 0 Å². The fourth-order valence-corrected chi connectivity index (χ4v) is 1.81. The molecule has 1 heterocycles. The predicted octanol–water partition coefficient (Wildman–Crippen LogP) is 3.21. The zero-order chi connectivity index (χ0) is 12.7. The largest absolute Gasteiger partial charge is 0.507 e. The maximum absolute atomic E-state index is 13.0. The first-order valence-electron chi connectivity index (χ1n) is 5.27. The van der Waals surface area contributed by atoms with E-state index in [1.807, 2.05) is 0 Å². The van der Waals surface area contributed by atoms with Crippen LogP contribution in [0.5, 0.6) is 5.75 Å². The van der Waals surface area contributed by atoms with Crippen LogP contribution in [0, 0.1) is 11.6 Å². The number of phenols is 1. The summed E-state index contributed by atoms with van der Waals surface area (Å²) in [6.45, 7) is 0. The lowest BCUT2D eigenvalue weighted by atomic mass is 10.2. The number of benzene rings is 2. The number of aromatic amines is 1. The molecule has 2 aromatic carbocycles. The molecule has 0 spiro atoms. The lowest BCUT2D eigenvalue weighted by Crippen LogP contribution is -1.83. The van der Waals surface area contributed by atoms with E-state index in [4.69, 9.17) is 0 Å². The molecule has 0 amide bonds. The number of phenolic OH excluding ortho intramolecular Hbond substituents is 1. The van der Waals surface area contributed by atoms with E-state index in [1.54, 1.807) is 0 Å². The SMILES string of the molecule is Oc1cc(F)ccc1-c1nc2ccc(F)cc2[nH]1. The van der Waals surface area contributed by atoms with E-state index in [-0.39, 0.29) is 11.6 Å². The molecule has 3 aromatic rings. The van der Waals surface area contributed by atoms with E-state index in [1.165, 1.54) is 30.3 Å². The molecule has 0 saturated heterocycles. The Bertz CT molecular complexity index is 737. The molecule has 5 heteroatoms. The minimum absolute atomic E-state index is 0.213. The molecule has 1 aromatic heterocycles. The Hall–Kier alpha value is -2.43. The van der Waals surface area contributed by atoms with Gasteiger partial charge in [-0.3, -0.25) is 0 Å². The van der Waals surface area contributed by atoms with Crippen LogP contribution in [0.4, 0.5) is 8.78 Å². The second-order valence-electron chi connectivity index (χ2n) is 3.91. The van der Waals surface area contributed by atoms with Crippen molar-refractivity contribution in [3.05, 3.63) is 48.0 Å². The molecular formula is C13H8F2N2O. The molecule has 3 rings (SSSR count). The molecule has 0 aliphatic carbocycles. The van der Waals surface area contributed by atoms with Gasteiger partial charge in [-0.25, -0.2) is 13.8 Å². The van der Waals surface area contributed by atoms with Gasteiger partial charge in [0.2, 0.25) is 0 Å². The Morgan fingerprint density at radius 2 is 1.72 bits per heavy atom. The third-order valence-electron chi connectivity index (χ3n) is 2.66. The molecule has 0 fully saturated rings. The van der Waals surface area contributed by atoms with Crippen LogP contribution in [0.15, 0.2) is 36.4 Å². The van der Waals surface area contributed by atoms with Gasteiger partial charge in [0, 0.05) is 6.07 Å². The molecule has 3 nitrogen and oxygen atoms in total. The van der Waals surface area contributed by atoms with E-state index < -0.39 is 5.82 Å². The minimum atomic E-state index is -0.529. The number of aromatic hydroxyl groups is 1. The second-order valence-corrected chi connectivity index (χ2v) is 3.91. The summed E-state index contributed by atoms with van der Waals surface area (Å²) in [5.74, 6) is -0.748. The Kier molecular flexibility index (Phi) is 2.26. The van der Waals surface area contributed by atoms with Gasteiger partial charge in [-0.15, -0.1) is 0 Å². The van der Waals surface area contributed by atoms with Crippen LogP contribution in [-0.4, -0.2) is 15.1 Å². The highest BCUT2D eigenvalue weighted by molar-refractivity contribution is 5.80. The first-order valence-corrected chi connectivity index (χ1v) is 5.27. The lowest BCUT2D eigenvalue weighted by Gasteiger charge is -2.00. The molecule has 2 N–H and O–H groups in total. The van der Waals surface area contributed by atoms with Gasteiger partial charge in [0.1, 0.15) is 23.2 Å². The fourth-order valence-electron chi connectivity index (χ4n) is 1.81. The highest BCUT2D eigenvalue weighted by Gasteiger charge is 2.10. The van der Waals surface area contributed by atoms with Crippen LogP contribution in [-0.2, 0) is 0 Å². The number of imidazole rings is 1. The molecular weight excluding hydrogens is 238 g/mol. The Balaban J connectivity index is 2.19. The topological polar surface area (TPSA) is 48.9 Å². The standard InChI is InChI=1S/C13H8F2N2O/c14-7-2-4-10-11(5-7)17-13(16-10)9-3-1-8(15)6-12(9)18/h1-6,18H,(H,16,17). The number of nitrogens with zero attached hydrogens (tertiary/aromatic N) is 1. The molecule has 0 saturated carbocycles. The molecule has 0 bridgehead atoms. The van der Waals surface area contributed by atoms with Crippen molar-refractivity contribution >= 4 is 11.0 Å². The summed E-state index contributed by atoms with van der Waals surface area (Å²) in [5, 5.41) is 9.65. The van der Waals surface area contributed by atoms with Gasteiger partial charge < -0.3 is 10.1 Å². The maximum Gasteiger partial charge on any atom is 0.142 e. The predicted molar refractivity (Wildman–Crippen MR) is 63.1 cm³/mol. The number of aromatic nitrogens is 2. The van der Waals surface area contributed by atoms with Crippen LogP contribution in [0.1, 0.15) is 0 Å². The van der Waals surface area contributed by atoms with Crippen LogP contribution < -0.4 is 0 Å². The Labute approximate surface area is 101 Å². The average Bonchev–Trinajstić information content (AvgIpc) is 2.71. The van der Waals surface area contributed by atoms with E-state index in [0.29, 0.717) is 22.4 Å². The van der Waals surface area contributed by atoms with Crippen molar-refractivity contribution in [3.63, 3.8) is 0 Å². The quantitative estimate of drug-likeness (QED) is 0.692. The highest BCUT2D eigenvalue weighted by Crippen LogP contribution is 2.29. The zero-order valence-corrected chi connectivity index (χ0v) is 9.11. The third kappa shape index (κ3) is 1.69. The normalized spacial score (nSPS) is 11.0. The number of hydrogen-bond donors (Lipinski definition) is 2. The van der Waals surface area contributed by atoms with Crippen LogP contribution >= 0.6 is 0 Å². The summed E-state index contributed by atoms with van der Waals surface area (Å²) in [6, 6.07) is 7.79. The van der Waals surface area contributed by atoms with Gasteiger partial charge in [-0.2, -0.15) is 0 Å². The van der Waals surface area contributed by atoms with Gasteiger partial charge >= 0.3 is 0 Å². The number of nitrogens with one attached hydrogen (secondary N) is 1. The van der Waals surface area contributed by atoms with Gasteiger partial charge in [0.25, 0.3) is 0 Å². The van der Waals surface area contributed by atoms with Crippen LogP contribution in [0.3, 0.4) is 0 Å². The number of halogens is 2. The van der Waals surface area contributed by atoms with Crippen LogP contribution in [0.25, 0.3) is 22.4 Å². The zero-order valence-electron chi connectivity index (χ0n) is 9.11. The van der Waals surface area contributed by atoms with Crippen molar-refractivity contribution in [1.82, 2.24) is 9.97 Å². The summed E-state index contributed by atoms with van der Waals surface area (Å²) >= 11 is 0. The van der Waals surface area contributed by atoms with Crippen molar-refractivity contribution in [2.45, 2.75) is 0 Å². The number of fused-ring (bicyclic) bond motifs is 1. The molecule has 90 valence electrons. The summed E-state index contributed by atoms with van der Waals surface area (Å²) in [4.78, 5) is 7.09. The van der Waals surface area contributed by atoms with E-state index in [0.717, 1.165) is 6.07 Å². The molecule has 0 radical (unpaired) electrons. The van der Waals surface area contributed by atoms with Crippen molar-refractivity contribution in [3.8, 4) is 17.1 Å². The Morgan fingerprint density at radius 1 is 1.00 bits per heavy atom. The van der Waals surface area contributed by atoms with E-state index in [9.17, 15) is 13.9 Å². The van der Waals surface area contributed by atoms with Crippen molar-refractivity contribution in [1.29, 1.82) is 0 Å². The van der Waals surface area contributed by atoms with Gasteiger partial charge in [0.15, 0.2) is 0 Å². The summed E-state index contributed by atoms with van der Waals surface area (Å²) in [7, 11) is 0. The summed E-state index contributed by atoms with van der Waals surface area (Å²) in [5.41, 5.74) is 1.47. The molecule has 0 aliphatic rings. The summed E-state index contributed by atoms with van der Waals surface area (Å²) < 4.78 is 25.9. The monoisotopic (exact) mass is 246 g/mol. The van der Waals surface area contributed by atoms with E-state index in [2.05, 4.69) is 9.97 Å². The first-order chi connectivity index (χ1) is 8.63. The maximum atomic E-state index is 13.0. The van der Waals surface area contributed by atoms with Crippen molar-refractivity contribution < 1.29 is 13.9 Å². The van der Waals surface area contributed by atoms with Crippen LogP contribution in [0.2, 0.25) is 0 Å². The second kappa shape index (κ2) is 3.80. The number of H-pyrrole nitrogens is 1. The number of rotatable bonds is 1. The average molecular weight is 246 g/mol. The highest BCUT2D eigenvalue weighted by atomic mass is 19.1. The first kappa shape index (κ1) is 10.7. The van der Waals surface area contributed by atoms with Crippen molar-refractivity contribution in [2.75, 3.05) is 0 Å². The Morgan fingerprint density at radius 3 is 2.50 bits per heavy atom. The van der Waals surface area contributed by atoms with Crippen molar-refractivity contribution in [2.24, 2.45) is 0 Å². The molecule has 18 heavy (non-hydrogen) atoms. The minimum Gasteiger partial charge on any atom is -0.507 e. The number of hydrogen-bond acceptors (Lipinski definition) is 2. The lowest BCUT2D eigenvalue weighted by molar-refractivity contribution is 0.471. The molecule has 0 unspecified atom stereocenters. The molecule has 0 aliphatic heterocycles. The third-order valence-corrected chi connectivity index (χ3v) is 2.66. The summed E-state index contributed by atoms with van der Waals surface area (Å²) in [6.07, 6.45) is 0.